The molecule has 3 aromatic carbocycles. The van der Waals surface area contributed by atoms with Crippen molar-refractivity contribution in [1.29, 1.82) is 0 Å². The molecule has 11 heteroatoms. The highest BCUT2D eigenvalue weighted by Crippen LogP contribution is 2.50. The van der Waals surface area contributed by atoms with Gasteiger partial charge < -0.3 is 19.0 Å². The van der Waals surface area contributed by atoms with Crippen LogP contribution < -0.4 is 14.2 Å². The van der Waals surface area contributed by atoms with E-state index in [4.69, 9.17) is 29.1 Å². The summed E-state index contributed by atoms with van der Waals surface area (Å²) in [5, 5.41) is 13.6. The number of oxime groups is 1. The molecule has 1 atom stereocenters. The van der Waals surface area contributed by atoms with E-state index < -0.39 is 0 Å². The van der Waals surface area contributed by atoms with Gasteiger partial charge in [-0.3, -0.25) is 0 Å². The van der Waals surface area contributed by atoms with E-state index in [1.165, 1.54) is 0 Å². The smallest absolute Gasteiger partial charge is 0.230 e. The molecule has 4 heterocycles. The second-order valence-electron chi connectivity index (χ2n) is 9.88. The first-order chi connectivity index (χ1) is 21.1. The highest BCUT2D eigenvalue weighted by molar-refractivity contribution is 5.78. The lowest BCUT2D eigenvalue weighted by atomic mass is 9.84. The van der Waals surface area contributed by atoms with Crippen molar-refractivity contribution in [3.05, 3.63) is 119 Å². The molecule has 11 nitrogen and oxygen atoms in total. The van der Waals surface area contributed by atoms with Gasteiger partial charge in [-0.25, -0.2) is 19.2 Å². The fourth-order valence-corrected chi connectivity index (χ4v) is 5.33. The standard InChI is InChI=1S/C32H27N7O4/c1-20-27-28(22-14-15-24(40-2)25(16-22)41-3)29-30-35-26(18-42-34-17-21-10-6-4-7-11-21)37-38(30)19-33-31(29)43-32(27)39(36-20)23-12-8-5-9-13-23/h4-17,19,28H,18H2,1-3H3/b34-17+. The number of aryl methyl sites for hydroxylation is 1. The van der Waals surface area contributed by atoms with E-state index in [-0.39, 0.29) is 12.5 Å². The maximum absolute atomic E-state index is 6.50. The number of benzene rings is 3. The maximum atomic E-state index is 6.50. The third-order valence-corrected chi connectivity index (χ3v) is 7.28. The fraction of sp³-hybridized carbons (Fsp3) is 0.156. The quantitative estimate of drug-likeness (QED) is 0.174. The Balaban J connectivity index is 1.34. The summed E-state index contributed by atoms with van der Waals surface area (Å²) in [6.45, 7) is 2.06. The van der Waals surface area contributed by atoms with E-state index >= 15 is 0 Å². The Bertz CT molecular complexity index is 1950. The molecule has 0 aliphatic carbocycles. The SMILES string of the molecule is COc1ccc(C2c3c(C)nn(-c4ccccc4)c3Oc3ncn4nc(CO/N=C/c5ccccc5)nc4c32)cc1OC. The highest BCUT2D eigenvalue weighted by Gasteiger charge is 2.38. The van der Waals surface area contributed by atoms with Gasteiger partial charge in [0.25, 0.3) is 0 Å². The van der Waals surface area contributed by atoms with Crippen molar-refractivity contribution >= 4 is 11.9 Å². The topological polar surface area (TPSA) is 110 Å². The van der Waals surface area contributed by atoms with Gasteiger partial charge in [0.15, 0.2) is 29.6 Å². The molecule has 1 aliphatic heterocycles. The van der Waals surface area contributed by atoms with Crippen molar-refractivity contribution in [2.75, 3.05) is 14.2 Å². The molecule has 3 aromatic heterocycles. The van der Waals surface area contributed by atoms with Gasteiger partial charge in [0.2, 0.25) is 11.8 Å². The Morgan fingerprint density at radius 3 is 2.44 bits per heavy atom. The van der Waals surface area contributed by atoms with Crippen molar-refractivity contribution < 1.29 is 19.0 Å². The van der Waals surface area contributed by atoms with Gasteiger partial charge in [-0.1, -0.05) is 59.8 Å². The number of para-hydroxylation sites is 1. The van der Waals surface area contributed by atoms with Crippen LogP contribution in [0.2, 0.25) is 0 Å². The number of ether oxygens (including phenoxy) is 3. The molecule has 0 fully saturated rings. The predicted molar refractivity (Wildman–Crippen MR) is 158 cm³/mol. The van der Waals surface area contributed by atoms with Crippen LogP contribution in [0.4, 0.5) is 0 Å². The van der Waals surface area contributed by atoms with Gasteiger partial charge in [0.1, 0.15) is 6.33 Å². The lowest BCUT2D eigenvalue weighted by Crippen LogP contribution is -2.16. The number of nitrogens with zero attached hydrogens (tertiary/aromatic N) is 7. The average Bonchev–Trinajstić information content (AvgIpc) is 3.63. The van der Waals surface area contributed by atoms with Gasteiger partial charge in [-0.2, -0.15) is 5.10 Å². The van der Waals surface area contributed by atoms with Crippen LogP contribution in [0.15, 0.2) is 90.3 Å². The predicted octanol–water partition coefficient (Wildman–Crippen LogP) is 5.47. The molecule has 0 saturated carbocycles. The van der Waals surface area contributed by atoms with Crippen LogP contribution in [-0.4, -0.2) is 49.8 Å². The van der Waals surface area contributed by atoms with E-state index in [0.29, 0.717) is 34.7 Å². The van der Waals surface area contributed by atoms with Crippen molar-refractivity contribution in [1.82, 2.24) is 29.4 Å². The van der Waals surface area contributed by atoms with Crippen LogP contribution >= 0.6 is 0 Å². The summed E-state index contributed by atoms with van der Waals surface area (Å²) in [6.07, 6.45) is 3.24. The average molecular weight is 574 g/mol. The lowest BCUT2D eigenvalue weighted by molar-refractivity contribution is 0.126. The Kier molecular flexibility index (Phi) is 6.66. The van der Waals surface area contributed by atoms with E-state index in [9.17, 15) is 0 Å². The van der Waals surface area contributed by atoms with E-state index in [2.05, 4.69) is 15.2 Å². The minimum absolute atomic E-state index is 0.0812. The summed E-state index contributed by atoms with van der Waals surface area (Å²) in [5.41, 5.74) is 5.79. The van der Waals surface area contributed by atoms with E-state index in [1.54, 1.807) is 36.0 Å². The molecule has 0 amide bonds. The minimum atomic E-state index is -0.346. The number of rotatable bonds is 8. The normalized spacial score (nSPS) is 13.9. The molecule has 0 spiro atoms. The molecule has 0 radical (unpaired) electrons. The summed E-state index contributed by atoms with van der Waals surface area (Å²) >= 11 is 0. The molecule has 1 aliphatic rings. The molecule has 0 N–H and O–H groups in total. The van der Waals surface area contributed by atoms with Crippen LogP contribution in [0, 0.1) is 6.92 Å². The molecule has 7 rings (SSSR count). The second-order valence-corrected chi connectivity index (χ2v) is 9.88. The van der Waals surface area contributed by atoms with Crippen LogP contribution in [0.5, 0.6) is 23.3 Å². The third-order valence-electron chi connectivity index (χ3n) is 7.28. The fourth-order valence-electron chi connectivity index (χ4n) is 5.33. The molecular formula is C32H27N7O4. The minimum Gasteiger partial charge on any atom is -0.493 e. The zero-order chi connectivity index (χ0) is 29.3. The first kappa shape index (κ1) is 26.2. The van der Waals surface area contributed by atoms with Crippen molar-refractivity contribution in [2.24, 2.45) is 5.16 Å². The Hall–Kier alpha value is -5.71. The molecule has 0 bridgehead atoms. The number of methoxy groups -OCH3 is 2. The monoisotopic (exact) mass is 573 g/mol. The van der Waals surface area contributed by atoms with Crippen LogP contribution in [0.3, 0.4) is 0 Å². The van der Waals surface area contributed by atoms with Crippen molar-refractivity contribution in [2.45, 2.75) is 19.4 Å². The largest absolute Gasteiger partial charge is 0.493 e. The summed E-state index contributed by atoms with van der Waals surface area (Å²) in [5.74, 6) is 2.35. The molecule has 1 unspecified atom stereocenters. The third kappa shape index (κ3) is 4.70. The van der Waals surface area contributed by atoms with E-state index in [1.807, 2.05) is 85.8 Å². The van der Waals surface area contributed by atoms with Crippen LogP contribution in [0.1, 0.15) is 39.7 Å². The Morgan fingerprint density at radius 2 is 1.67 bits per heavy atom. The highest BCUT2D eigenvalue weighted by atomic mass is 16.6. The van der Waals surface area contributed by atoms with Gasteiger partial charge in [-0.15, -0.1) is 5.10 Å². The molecule has 214 valence electrons. The number of fused-ring (bicyclic) bond motifs is 4. The van der Waals surface area contributed by atoms with Gasteiger partial charge in [-0.05, 0) is 42.3 Å². The first-order valence-electron chi connectivity index (χ1n) is 13.6. The number of aromatic nitrogens is 6. The van der Waals surface area contributed by atoms with Gasteiger partial charge >= 0.3 is 0 Å². The summed E-state index contributed by atoms with van der Waals surface area (Å²) in [7, 11) is 3.24. The summed E-state index contributed by atoms with van der Waals surface area (Å²) < 4.78 is 21.1. The molecule has 43 heavy (non-hydrogen) atoms. The van der Waals surface area contributed by atoms with E-state index in [0.717, 1.165) is 33.6 Å². The Labute approximate surface area is 246 Å². The van der Waals surface area contributed by atoms with Crippen molar-refractivity contribution in [3.8, 4) is 28.9 Å². The van der Waals surface area contributed by atoms with Crippen LogP contribution in [-0.2, 0) is 11.4 Å². The molecule has 6 aromatic rings. The molecule has 0 saturated heterocycles. The molecular weight excluding hydrogens is 546 g/mol. The lowest BCUT2D eigenvalue weighted by Gasteiger charge is -2.26. The van der Waals surface area contributed by atoms with Gasteiger partial charge in [0, 0.05) is 0 Å². The maximum Gasteiger partial charge on any atom is 0.230 e. The Morgan fingerprint density at radius 1 is 0.907 bits per heavy atom. The zero-order valence-corrected chi connectivity index (χ0v) is 23.7. The second kappa shape index (κ2) is 10.9. The zero-order valence-electron chi connectivity index (χ0n) is 23.7. The van der Waals surface area contributed by atoms with Crippen molar-refractivity contribution in [3.63, 3.8) is 0 Å². The van der Waals surface area contributed by atoms with Gasteiger partial charge in [0.05, 0.1) is 48.9 Å². The first-order valence-corrected chi connectivity index (χ1v) is 13.6. The number of hydrogen-bond acceptors (Lipinski definition) is 9. The number of hydrogen-bond donors (Lipinski definition) is 0. The van der Waals surface area contributed by atoms with Crippen LogP contribution in [0.25, 0.3) is 11.3 Å². The summed E-state index contributed by atoms with van der Waals surface area (Å²) in [4.78, 5) is 15.0. The summed E-state index contributed by atoms with van der Waals surface area (Å²) in [6, 6.07) is 25.4.